The van der Waals surface area contributed by atoms with Crippen LogP contribution in [-0.4, -0.2) is 6.03 Å². The first-order valence-electron chi connectivity index (χ1n) is 5.60. The van der Waals surface area contributed by atoms with Gasteiger partial charge in [0.15, 0.2) is 0 Å². The van der Waals surface area contributed by atoms with E-state index in [0.29, 0.717) is 5.69 Å². The lowest BCUT2D eigenvalue weighted by Gasteiger charge is -2.15. The van der Waals surface area contributed by atoms with E-state index in [9.17, 15) is 4.79 Å². The van der Waals surface area contributed by atoms with Crippen molar-refractivity contribution >= 4 is 28.7 Å². The number of urea groups is 1. The summed E-state index contributed by atoms with van der Waals surface area (Å²) in [5, 5.41) is 10.1. The van der Waals surface area contributed by atoms with Gasteiger partial charge in [-0.2, -0.15) is 11.3 Å². The maximum atomic E-state index is 10.8. The lowest BCUT2D eigenvalue weighted by Crippen LogP contribution is -2.19. The van der Waals surface area contributed by atoms with E-state index < -0.39 is 6.03 Å². The molecule has 0 aliphatic heterocycles. The van der Waals surface area contributed by atoms with Gasteiger partial charge in [-0.05, 0) is 47.5 Å². The predicted molar refractivity (Wildman–Crippen MR) is 76.0 cm³/mol. The molecule has 0 aliphatic carbocycles. The molecule has 5 heteroatoms. The highest BCUT2D eigenvalue weighted by Crippen LogP contribution is 2.23. The molecule has 0 fully saturated rings. The summed E-state index contributed by atoms with van der Waals surface area (Å²) in [6.45, 7) is 2.09. The Morgan fingerprint density at radius 1 is 1.33 bits per heavy atom. The van der Waals surface area contributed by atoms with E-state index in [1.54, 1.807) is 17.4 Å². The van der Waals surface area contributed by atoms with E-state index >= 15 is 0 Å². The summed E-state index contributed by atoms with van der Waals surface area (Å²) in [5.41, 5.74) is 7.96. The number of carbonyl (C=O) groups excluding carboxylic acids is 1. The van der Waals surface area contributed by atoms with Crippen molar-refractivity contribution in [3.63, 3.8) is 0 Å². The van der Waals surface area contributed by atoms with E-state index in [0.717, 1.165) is 5.69 Å². The maximum absolute atomic E-state index is 10.8. The highest BCUT2D eigenvalue weighted by Gasteiger charge is 2.06. The zero-order valence-electron chi connectivity index (χ0n) is 10.0. The highest BCUT2D eigenvalue weighted by atomic mass is 32.1. The average molecular weight is 261 g/mol. The third-order valence-corrected chi connectivity index (χ3v) is 3.26. The molecule has 0 aliphatic rings. The van der Waals surface area contributed by atoms with Crippen LogP contribution in [0.1, 0.15) is 18.5 Å². The summed E-state index contributed by atoms with van der Waals surface area (Å²) in [6, 6.07) is 9.23. The van der Waals surface area contributed by atoms with Crippen LogP contribution < -0.4 is 16.4 Å². The second-order valence-corrected chi connectivity index (χ2v) is 4.77. The van der Waals surface area contributed by atoms with Crippen LogP contribution in [-0.2, 0) is 0 Å². The van der Waals surface area contributed by atoms with Crippen molar-refractivity contribution in [3.8, 4) is 0 Å². The minimum Gasteiger partial charge on any atom is -0.378 e. The molecular formula is C13H15N3OS. The zero-order chi connectivity index (χ0) is 13.0. The van der Waals surface area contributed by atoms with E-state index in [1.165, 1.54) is 5.56 Å². The number of primary amides is 1. The first-order valence-corrected chi connectivity index (χ1v) is 6.54. The van der Waals surface area contributed by atoms with Crippen LogP contribution in [0.3, 0.4) is 0 Å². The summed E-state index contributed by atoms with van der Waals surface area (Å²) in [6.07, 6.45) is 0. The largest absolute Gasteiger partial charge is 0.378 e. The summed E-state index contributed by atoms with van der Waals surface area (Å²) < 4.78 is 0. The third-order valence-electron chi connectivity index (χ3n) is 2.56. The van der Waals surface area contributed by atoms with Gasteiger partial charge in [0.1, 0.15) is 0 Å². The van der Waals surface area contributed by atoms with Gasteiger partial charge in [0, 0.05) is 17.4 Å². The molecular weight excluding hydrogens is 246 g/mol. The molecule has 2 rings (SSSR count). The molecule has 0 radical (unpaired) electrons. The minimum absolute atomic E-state index is 0.222. The Labute approximate surface area is 110 Å². The second-order valence-electron chi connectivity index (χ2n) is 3.99. The Morgan fingerprint density at radius 2 is 2.11 bits per heavy atom. The molecule has 1 unspecified atom stereocenters. The zero-order valence-corrected chi connectivity index (χ0v) is 10.8. The maximum Gasteiger partial charge on any atom is 0.316 e. The first kappa shape index (κ1) is 12.4. The van der Waals surface area contributed by atoms with Gasteiger partial charge in [0.05, 0.1) is 0 Å². The van der Waals surface area contributed by atoms with E-state index in [1.807, 2.05) is 18.2 Å². The Balaban J connectivity index is 2.07. The number of hydrogen-bond donors (Lipinski definition) is 3. The van der Waals surface area contributed by atoms with Crippen molar-refractivity contribution < 1.29 is 4.79 Å². The van der Waals surface area contributed by atoms with E-state index in [4.69, 9.17) is 5.73 Å². The SMILES string of the molecule is CC(Nc1cccc(NC(N)=O)c1)c1ccsc1. The van der Waals surface area contributed by atoms with Crippen LogP contribution in [0.2, 0.25) is 0 Å². The summed E-state index contributed by atoms with van der Waals surface area (Å²) >= 11 is 1.68. The fourth-order valence-corrected chi connectivity index (χ4v) is 2.44. The molecule has 0 spiro atoms. The number of thiophene rings is 1. The number of anilines is 2. The average Bonchev–Trinajstić information content (AvgIpc) is 2.81. The normalized spacial score (nSPS) is 11.8. The number of nitrogens with two attached hydrogens (primary N) is 1. The van der Waals surface area contributed by atoms with Crippen LogP contribution in [0.25, 0.3) is 0 Å². The smallest absolute Gasteiger partial charge is 0.316 e. The summed E-state index contributed by atoms with van der Waals surface area (Å²) in [5.74, 6) is 0. The molecule has 1 aromatic carbocycles. The number of carbonyl (C=O) groups is 1. The predicted octanol–water partition coefficient (Wildman–Crippen LogP) is 3.41. The standard InChI is InChI=1S/C13H15N3OS/c1-9(10-5-6-18-8-10)15-11-3-2-4-12(7-11)16-13(14)17/h2-9,15H,1H3,(H3,14,16,17). The van der Waals surface area contributed by atoms with Crippen LogP contribution in [0.15, 0.2) is 41.1 Å². The van der Waals surface area contributed by atoms with Gasteiger partial charge in [0.2, 0.25) is 0 Å². The van der Waals surface area contributed by atoms with E-state index in [2.05, 4.69) is 34.4 Å². The van der Waals surface area contributed by atoms with Gasteiger partial charge in [-0.3, -0.25) is 0 Å². The molecule has 1 atom stereocenters. The number of benzene rings is 1. The molecule has 0 saturated heterocycles. The van der Waals surface area contributed by atoms with Crippen molar-refractivity contribution in [2.24, 2.45) is 5.73 Å². The molecule has 1 aromatic heterocycles. The molecule has 4 nitrogen and oxygen atoms in total. The fourth-order valence-electron chi connectivity index (χ4n) is 1.68. The monoisotopic (exact) mass is 261 g/mol. The van der Waals surface area contributed by atoms with Crippen molar-refractivity contribution in [2.45, 2.75) is 13.0 Å². The Kier molecular flexibility index (Phi) is 3.84. The summed E-state index contributed by atoms with van der Waals surface area (Å²) in [4.78, 5) is 10.8. The van der Waals surface area contributed by atoms with Gasteiger partial charge in [-0.15, -0.1) is 0 Å². The van der Waals surface area contributed by atoms with E-state index in [-0.39, 0.29) is 6.04 Å². The minimum atomic E-state index is -0.557. The van der Waals surface area contributed by atoms with Crippen LogP contribution in [0, 0.1) is 0 Å². The molecule has 2 aromatic rings. The van der Waals surface area contributed by atoms with Crippen LogP contribution in [0.5, 0.6) is 0 Å². The number of nitrogens with one attached hydrogen (secondary N) is 2. The van der Waals surface area contributed by atoms with Gasteiger partial charge < -0.3 is 16.4 Å². The van der Waals surface area contributed by atoms with Crippen molar-refractivity contribution in [1.82, 2.24) is 0 Å². The third kappa shape index (κ3) is 3.24. The lowest BCUT2D eigenvalue weighted by molar-refractivity contribution is 0.259. The fraction of sp³-hybridized carbons (Fsp3) is 0.154. The molecule has 4 N–H and O–H groups in total. The number of amides is 2. The Hall–Kier alpha value is -2.01. The topological polar surface area (TPSA) is 67.2 Å². The molecule has 94 valence electrons. The molecule has 2 amide bonds. The Morgan fingerprint density at radius 3 is 2.78 bits per heavy atom. The van der Waals surface area contributed by atoms with Gasteiger partial charge in [-0.25, -0.2) is 4.79 Å². The Bertz CT molecular complexity index is 525. The molecule has 18 heavy (non-hydrogen) atoms. The number of hydrogen-bond acceptors (Lipinski definition) is 3. The highest BCUT2D eigenvalue weighted by molar-refractivity contribution is 7.07. The number of rotatable bonds is 4. The van der Waals surface area contributed by atoms with Crippen molar-refractivity contribution in [3.05, 3.63) is 46.7 Å². The first-order chi connectivity index (χ1) is 8.65. The second kappa shape index (κ2) is 5.55. The van der Waals surface area contributed by atoms with Gasteiger partial charge in [-0.1, -0.05) is 6.07 Å². The quantitative estimate of drug-likeness (QED) is 0.789. The van der Waals surface area contributed by atoms with Gasteiger partial charge >= 0.3 is 6.03 Å². The molecule has 0 saturated carbocycles. The van der Waals surface area contributed by atoms with Crippen LogP contribution in [0.4, 0.5) is 16.2 Å². The molecule has 1 heterocycles. The van der Waals surface area contributed by atoms with Crippen LogP contribution >= 0.6 is 11.3 Å². The lowest BCUT2D eigenvalue weighted by atomic mass is 10.1. The summed E-state index contributed by atoms with van der Waals surface area (Å²) in [7, 11) is 0. The van der Waals surface area contributed by atoms with Crippen molar-refractivity contribution in [1.29, 1.82) is 0 Å². The van der Waals surface area contributed by atoms with Crippen molar-refractivity contribution in [2.75, 3.05) is 10.6 Å². The van der Waals surface area contributed by atoms with Gasteiger partial charge in [0.25, 0.3) is 0 Å². The molecule has 0 bridgehead atoms.